The van der Waals surface area contributed by atoms with Crippen molar-refractivity contribution in [1.29, 1.82) is 0 Å². The molecule has 23 heavy (non-hydrogen) atoms. The van der Waals surface area contributed by atoms with Gasteiger partial charge in [-0.15, -0.1) is 0 Å². The van der Waals surface area contributed by atoms with Gasteiger partial charge in [0.25, 0.3) is 10.1 Å². The summed E-state index contributed by atoms with van der Waals surface area (Å²) in [5.74, 6) is -3.02. The Balaban J connectivity index is 0.000000313. The van der Waals surface area contributed by atoms with E-state index in [0.717, 1.165) is 18.2 Å². The van der Waals surface area contributed by atoms with Gasteiger partial charge in [-0.25, -0.2) is 9.59 Å². The molecule has 0 atom stereocenters. The van der Waals surface area contributed by atoms with Gasteiger partial charge in [-0.3, -0.25) is 4.55 Å². The minimum Gasteiger partial charge on any atom is -0.508 e. The molecule has 0 saturated heterocycles. The number of rotatable bonds is 3. The molecule has 8 nitrogen and oxygen atoms in total. The first kappa shape index (κ1) is 18.1. The van der Waals surface area contributed by atoms with Crippen LogP contribution in [0.25, 0.3) is 0 Å². The predicted octanol–water partition coefficient (Wildman–Crippen LogP) is 1.72. The SMILES string of the molecule is O=C(O)c1cccc(S(=O)(=O)O)c1C(=O)O.Oc1ccccc1. The van der Waals surface area contributed by atoms with Crippen molar-refractivity contribution in [3.63, 3.8) is 0 Å². The van der Waals surface area contributed by atoms with Gasteiger partial charge in [0.15, 0.2) is 0 Å². The molecule has 0 aromatic heterocycles. The summed E-state index contributed by atoms with van der Waals surface area (Å²) in [6.07, 6.45) is 0. The topological polar surface area (TPSA) is 149 Å². The van der Waals surface area contributed by atoms with Crippen molar-refractivity contribution in [2.75, 3.05) is 0 Å². The molecule has 122 valence electrons. The van der Waals surface area contributed by atoms with Crippen molar-refractivity contribution < 1.29 is 37.9 Å². The first-order chi connectivity index (χ1) is 10.6. The van der Waals surface area contributed by atoms with E-state index >= 15 is 0 Å². The molecule has 0 saturated carbocycles. The van der Waals surface area contributed by atoms with Crippen LogP contribution in [0, 0.1) is 0 Å². The average Bonchev–Trinajstić information content (AvgIpc) is 2.46. The van der Waals surface area contributed by atoms with E-state index in [1.54, 1.807) is 24.3 Å². The Morgan fingerprint density at radius 3 is 1.74 bits per heavy atom. The van der Waals surface area contributed by atoms with Gasteiger partial charge in [0.2, 0.25) is 0 Å². The predicted molar refractivity (Wildman–Crippen MR) is 78.3 cm³/mol. The molecule has 0 heterocycles. The van der Waals surface area contributed by atoms with Crippen LogP contribution in [0.3, 0.4) is 0 Å². The van der Waals surface area contributed by atoms with E-state index in [2.05, 4.69) is 0 Å². The lowest BCUT2D eigenvalue weighted by atomic mass is 10.1. The summed E-state index contributed by atoms with van der Waals surface area (Å²) in [5, 5.41) is 26.0. The molecule has 9 heteroatoms. The van der Waals surface area contributed by atoms with E-state index < -0.39 is 38.1 Å². The lowest BCUT2D eigenvalue weighted by Gasteiger charge is -2.05. The maximum atomic E-state index is 10.8. The number of phenols is 1. The molecule has 0 aliphatic heterocycles. The van der Waals surface area contributed by atoms with Crippen molar-refractivity contribution in [2.24, 2.45) is 0 Å². The fraction of sp³-hybridized carbons (Fsp3) is 0. The quantitative estimate of drug-likeness (QED) is 0.617. The fourth-order valence-corrected chi connectivity index (χ4v) is 2.28. The highest BCUT2D eigenvalue weighted by atomic mass is 32.2. The van der Waals surface area contributed by atoms with Gasteiger partial charge in [0.1, 0.15) is 10.6 Å². The number of aromatic hydroxyl groups is 1. The Kier molecular flexibility index (Phi) is 5.82. The third-order valence-electron chi connectivity index (χ3n) is 2.50. The largest absolute Gasteiger partial charge is 0.508 e. The number of aromatic carboxylic acids is 2. The number of hydrogen-bond acceptors (Lipinski definition) is 5. The molecular formula is C14H12O8S. The van der Waals surface area contributed by atoms with E-state index in [4.69, 9.17) is 19.9 Å². The number of carboxylic acids is 2. The highest BCUT2D eigenvalue weighted by molar-refractivity contribution is 7.86. The Labute approximate surface area is 131 Å². The standard InChI is InChI=1S/C8H6O7S.C6H6O/c9-7(10)4-2-1-3-5(16(13,14)15)6(4)8(11)12;7-6-4-2-1-3-5-6/h1-3H,(H,9,10)(H,11,12)(H,13,14,15);1-5,7H. The molecule has 0 amide bonds. The minimum atomic E-state index is -4.78. The van der Waals surface area contributed by atoms with Crippen LogP contribution in [0.5, 0.6) is 5.75 Å². The molecule has 4 N–H and O–H groups in total. The van der Waals surface area contributed by atoms with Crippen molar-refractivity contribution in [3.05, 3.63) is 59.7 Å². The van der Waals surface area contributed by atoms with E-state index in [-0.39, 0.29) is 0 Å². The number of benzene rings is 2. The van der Waals surface area contributed by atoms with Gasteiger partial charge in [-0.2, -0.15) is 8.42 Å². The highest BCUT2D eigenvalue weighted by Gasteiger charge is 2.25. The monoisotopic (exact) mass is 340 g/mol. The third-order valence-corrected chi connectivity index (χ3v) is 3.40. The van der Waals surface area contributed by atoms with Crippen LogP contribution in [-0.4, -0.2) is 40.2 Å². The first-order valence-electron chi connectivity index (χ1n) is 5.95. The smallest absolute Gasteiger partial charge is 0.338 e. The van der Waals surface area contributed by atoms with Crippen molar-refractivity contribution in [2.45, 2.75) is 4.90 Å². The second-order valence-corrected chi connectivity index (χ2v) is 5.49. The molecule has 0 bridgehead atoms. The second kappa shape index (κ2) is 7.38. The van der Waals surface area contributed by atoms with Crippen LogP contribution in [0.15, 0.2) is 53.4 Å². The molecule has 2 aromatic carbocycles. The van der Waals surface area contributed by atoms with Crippen LogP contribution in [0.2, 0.25) is 0 Å². The summed E-state index contributed by atoms with van der Waals surface area (Å²) in [5.41, 5.74) is -1.67. The van der Waals surface area contributed by atoms with Gasteiger partial charge < -0.3 is 15.3 Å². The van der Waals surface area contributed by atoms with Gasteiger partial charge >= 0.3 is 11.9 Å². The van der Waals surface area contributed by atoms with E-state index in [9.17, 15) is 18.0 Å². The van der Waals surface area contributed by atoms with Crippen LogP contribution in [0.1, 0.15) is 20.7 Å². The summed E-state index contributed by atoms with van der Waals surface area (Å²) in [7, 11) is -4.78. The maximum absolute atomic E-state index is 10.8. The summed E-state index contributed by atoms with van der Waals surface area (Å²) in [6, 6.07) is 11.5. The van der Waals surface area contributed by atoms with Crippen LogP contribution in [0.4, 0.5) is 0 Å². The molecule has 0 radical (unpaired) electrons. The van der Waals surface area contributed by atoms with Crippen LogP contribution in [-0.2, 0) is 10.1 Å². The molecule has 0 unspecified atom stereocenters. The Morgan fingerprint density at radius 1 is 0.826 bits per heavy atom. The van der Waals surface area contributed by atoms with Gasteiger partial charge in [-0.1, -0.05) is 24.3 Å². The first-order valence-corrected chi connectivity index (χ1v) is 7.39. The summed E-state index contributed by atoms with van der Waals surface area (Å²) >= 11 is 0. The molecular weight excluding hydrogens is 328 g/mol. The van der Waals surface area contributed by atoms with E-state index in [1.807, 2.05) is 6.07 Å². The maximum Gasteiger partial charge on any atom is 0.338 e. The lowest BCUT2D eigenvalue weighted by molar-refractivity contribution is 0.0648. The van der Waals surface area contributed by atoms with Crippen LogP contribution >= 0.6 is 0 Å². The zero-order chi connectivity index (χ0) is 17.6. The van der Waals surface area contributed by atoms with Crippen molar-refractivity contribution >= 4 is 22.1 Å². The molecule has 0 spiro atoms. The number of carbonyl (C=O) groups is 2. The van der Waals surface area contributed by atoms with Gasteiger partial charge in [0, 0.05) is 0 Å². The lowest BCUT2D eigenvalue weighted by Crippen LogP contribution is -2.14. The van der Waals surface area contributed by atoms with Gasteiger partial charge in [-0.05, 0) is 24.3 Å². The normalized spacial score (nSPS) is 10.3. The number of phenolic OH excluding ortho intramolecular Hbond substituents is 1. The molecule has 2 aromatic rings. The minimum absolute atomic E-state index is 0.322. The van der Waals surface area contributed by atoms with E-state index in [0.29, 0.717) is 5.75 Å². The van der Waals surface area contributed by atoms with Crippen LogP contribution < -0.4 is 0 Å². The van der Waals surface area contributed by atoms with Gasteiger partial charge in [0.05, 0.1) is 11.1 Å². The summed E-state index contributed by atoms with van der Waals surface area (Å²) in [6.45, 7) is 0. The van der Waals surface area contributed by atoms with Crippen molar-refractivity contribution in [1.82, 2.24) is 0 Å². The highest BCUT2D eigenvalue weighted by Crippen LogP contribution is 2.19. The second-order valence-electron chi connectivity index (χ2n) is 4.10. The van der Waals surface area contributed by atoms with Crippen molar-refractivity contribution in [3.8, 4) is 5.75 Å². The Hall–Kier alpha value is -2.91. The number of para-hydroxylation sites is 1. The number of hydrogen-bond donors (Lipinski definition) is 4. The molecule has 2 rings (SSSR count). The molecule has 0 aliphatic carbocycles. The van der Waals surface area contributed by atoms with E-state index in [1.165, 1.54) is 0 Å². The molecule has 0 aliphatic rings. The Morgan fingerprint density at radius 2 is 1.39 bits per heavy atom. The average molecular weight is 340 g/mol. The summed E-state index contributed by atoms with van der Waals surface area (Å²) < 4.78 is 30.4. The fourth-order valence-electron chi connectivity index (χ4n) is 1.57. The zero-order valence-corrected chi connectivity index (χ0v) is 12.3. The number of carboxylic acid groups (broad SMARTS) is 2. The molecule has 0 fully saturated rings. The third kappa shape index (κ3) is 5.09. The zero-order valence-electron chi connectivity index (χ0n) is 11.4. The summed E-state index contributed by atoms with van der Waals surface area (Å²) in [4.78, 5) is 20.5. The Bertz CT molecular complexity index is 812.